The number of nitrogens with zero attached hydrogens (tertiary/aromatic N) is 2. The Bertz CT molecular complexity index is 907. The average molecular weight is 452 g/mol. The second-order valence-corrected chi connectivity index (χ2v) is 8.64. The molecule has 1 N–H and O–H groups in total. The molecule has 7 nitrogen and oxygen atoms in total. The van der Waals surface area contributed by atoms with Crippen molar-refractivity contribution in [3.8, 4) is 5.75 Å². The number of amides is 2. The number of carbonyl (C=O) groups is 2. The van der Waals surface area contributed by atoms with E-state index in [0.29, 0.717) is 39.0 Å². The van der Waals surface area contributed by atoms with E-state index in [9.17, 15) is 9.59 Å². The molecule has 0 unspecified atom stereocenters. The van der Waals surface area contributed by atoms with Gasteiger partial charge in [0.2, 0.25) is 11.8 Å². The number of carbonyl (C=O) groups excluding carboxylic acids is 2. The molecule has 2 aliphatic heterocycles. The fourth-order valence-corrected chi connectivity index (χ4v) is 4.33. The van der Waals surface area contributed by atoms with Crippen LogP contribution in [0.15, 0.2) is 54.6 Å². The normalized spacial score (nSPS) is 17.5. The molecule has 33 heavy (non-hydrogen) atoms. The Morgan fingerprint density at radius 2 is 1.73 bits per heavy atom. The predicted molar refractivity (Wildman–Crippen MR) is 127 cm³/mol. The highest BCUT2D eigenvalue weighted by Gasteiger charge is 2.27. The van der Waals surface area contributed by atoms with E-state index in [4.69, 9.17) is 9.47 Å². The third kappa shape index (κ3) is 7.04. The van der Waals surface area contributed by atoms with Crippen LogP contribution in [0.5, 0.6) is 5.75 Å². The van der Waals surface area contributed by atoms with Gasteiger partial charge in [-0.2, -0.15) is 0 Å². The Labute approximate surface area is 195 Å². The Balaban J connectivity index is 1.19. The number of likely N-dealkylation sites (tertiary alicyclic amines) is 1. The minimum absolute atomic E-state index is 0.0398. The Morgan fingerprint density at radius 1 is 0.970 bits per heavy atom. The van der Waals surface area contributed by atoms with Crippen LogP contribution < -0.4 is 10.1 Å². The summed E-state index contributed by atoms with van der Waals surface area (Å²) < 4.78 is 11.0. The third-order valence-corrected chi connectivity index (χ3v) is 6.25. The molecule has 2 amide bonds. The minimum Gasteiger partial charge on any atom is -0.493 e. The molecule has 0 saturated carbocycles. The molecule has 0 bridgehead atoms. The zero-order valence-corrected chi connectivity index (χ0v) is 19.1. The highest BCUT2D eigenvalue weighted by molar-refractivity contribution is 5.92. The first-order valence-corrected chi connectivity index (χ1v) is 11.8. The Kier molecular flexibility index (Phi) is 8.33. The summed E-state index contributed by atoms with van der Waals surface area (Å²) in [4.78, 5) is 29.5. The van der Waals surface area contributed by atoms with E-state index in [-0.39, 0.29) is 17.7 Å². The summed E-state index contributed by atoms with van der Waals surface area (Å²) in [6.07, 6.45) is 1.72. The van der Waals surface area contributed by atoms with Gasteiger partial charge in [0.15, 0.2) is 0 Å². The van der Waals surface area contributed by atoms with E-state index in [1.807, 2.05) is 47.4 Å². The van der Waals surface area contributed by atoms with Crippen molar-refractivity contribution < 1.29 is 19.1 Å². The van der Waals surface area contributed by atoms with Gasteiger partial charge in [0.05, 0.1) is 26.2 Å². The maximum Gasteiger partial charge on any atom is 0.227 e. The van der Waals surface area contributed by atoms with E-state index in [1.165, 1.54) is 5.56 Å². The number of hydrogen-bond donors (Lipinski definition) is 1. The molecule has 0 radical (unpaired) electrons. The van der Waals surface area contributed by atoms with E-state index in [0.717, 1.165) is 44.3 Å². The summed E-state index contributed by atoms with van der Waals surface area (Å²) in [7, 11) is 0. The van der Waals surface area contributed by atoms with Crippen molar-refractivity contribution in [3.05, 3.63) is 60.2 Å². The van der Waals surface area contributed by atoms with Gasteiger partial charge in [-0.15, -0.1) is 0 Å². The number of para-hydroxylation sites is 1. The molecule has 7 heteroatoms. The minimum atomic E-state index is -0.0717. The van der Waals surface area contributed by atoms with E-state index < -0.39 is 0 Å². The van der Waals surface area contributed by atoms with Crippen molar-refractivity contribution in [2.45, 2.75) is 25.8 Å². The molecule has 2 aliphatic rings. The van der Waals surface area contributed by atoms with E-state index in [1.54, 1.807) is 0 Å². The van der Waals surface area contributed by atoms with Crippen molar-refractivity contribution in [1.82, 2.24) is 9.80 Å². The van der Waals surface area contributed by atoms with Gasteiger partial charge in [0.25, 0.3) is 0 Å². The molecule has 2 aromatic rings. The topological polar surface area (TPSA) is 71.1 Å². The van der Waals surface area contributed by atoms with Crippen LogP contribution in [0.4, 0.5) is 5.69 Å². The summed E-state index contributed by atoms with van der Waals surface area (Å²) >= 11 is 0. The van der Waals surface area contributed by atoms with Crippen LogP contribution in [0.2, 0.25) is 0 Å². The van der Waals surface area contributed by atoms with E-state index >= 15 is 0 Å². The summed E-state index contributed by atoms with van der Waals surface area (Å²) in [5, 5.41) is 3.08. The van der Waals surface area contributed by atoms with Gasteiger partial charge in [0.1, 0.15) is 5.75 Å². The van der Waals surface area contributed by atoms with Gasteiger partial charge in [-0.3, -0.25) is 14.5 Å². The average Bonchev–Trinajstić information content (AvgIpc) is 2.85. The standard InChI is InChI=1S/C26H33N3O4/c30-25(11-16-33-24-7-2-1-3-8-24)29-12-9-22(10-13-29)26(31)27-23-6-4-5-21(19-23)20-28-14-17-32-18-15-28/h1-8,19,22H,9-18,20H2,(H,27,31). The lowest BCUT2D eigenvalue weighted by atomic mass is 9.95. The van der Waals surface area contributed by atoms with Crippen molar-refractivity contribution in [1.29, 1.82) is 0 Å². The first-order chi connectivity index (χ1) is 16.2. The van der Waals surface area contributed by atoms with Gasteiger partial charge < -0.3 is 19.7 Å². The third-order valence-electron chi connectivity index (χ3n) is 6.25. The maximum absolute atomic E-state index is 12.8. The lowest BCUT2D eigenvalue weighted by Crippen LogP contribution is -2.41. The monoisotopic (exact) mass is 451 g/mol. The molecular weight excluding hydrogens is 418 g/mol. The first-order valence-electron chi connectivity index (χ1n) is 11.8. The van der Waals surface area contributed by atoms with Gasteiger partial charge >= 0.3 is 0 Å². The summed E-state index contributed by atoms with van der Waals surface area (Å²) in [5.74, 6) is 0.825. The number of ether oxygens (including phenoxy) is 2. The lowest BCUT2D eigenvalue weighted by molar-refractivity contribution is -0.135. The second kappa shape index (κ2) is 11.8. The number of nitrogens with one attached hydrogen (secondary N) is 1. The maximum atomic E-state index is 12.8. The zero-order valence-electron chi connectivity index (χ0n) is 19.1. The molecule has 0 spiro atoms. The van der Waals surface area contributed by atoms with Crippen molar-refractivity contribution >= 4 is 17.5 Å². The largest absolute Gasteiger partial charge is 0.493 e. The predicted octanol–water partition coefficient (Wildman–Crippen LogP) is 3.17. The lowest BCUT2D eigenvalue weighted by Gasteiger charge is -2.31. The van der Waals surface area contributed by atoms with Crippen molar-refractivity contribution in [3.63, 3.8) is 0 Å². The summed E-state index contributed by atoms with van der Waals surface area (Å²) in [6.45, 7) is 5.87. The zero-order chi connectivity index (χ0) is 22.9. The molecule has 2 heterocycles. The second-order valence-electron chi connectivity index (χ2n) is 8.64. The number of hydrogen-bond acceptors (Lipinski definition) is 5. The summed E-state index contributed by atoms with van der Waals surface area (Å²) in [6, 6.07) is 17.6. The van der Waals surface area contributed by atoms with Crippen LogP contribution in [0, 0.1) is 5.92 Å². The fourth-order valence-electron chi connectivity index (χ4n) is 4.33. The highest BCUT2D eigenvalue weighted by atomic mass is 16.5. The number of anilines is 1. The van der Waals surface area contributed by atoms with Crippen LogP contribution in [-0.2, 0) is 20.9 Å². The number of benzene rings is 2. The van der Waals surface area contributed by atoms with Gasteiger partial charge in [-0.05, 0) is 42.7 Å². The number of morpholine rings is 1. The summed E-state index contributed by atoms with van der Waals surface area (Å²) in [5.41, 5.74) is 2.02. The smallest absolute Gasteiger partial charge is 0.227 e. The van der Waals surface area contributed by atoms with Crippen LogP contribution in [0.3, 0.4) is 0 Å². The quantitative estimate of drug-likeness (QED) is 0.668. The van der Waals surface area contributed by atoms with Crippen LogP contribution in [-0.4, -0.2) is 67.6 Å². The first kappa shape index (κ1) is 23.3. The number of piperidine rings is 1. The molecule has 2 fully saturated rings. The van der Waals surface area contributed by atoms with E-state index in [2.05, 4.69) is 22.3 Å². The molecule has 0 atom stereocenters. The number of rotatable bonds is 8. The van der Waals surface area contributed by atoms with Crippen molar-refractivity contribution in [2.24, 2.45) is 5.92 Å². The molecule has 4 rings (SSSR count). The SMILES string of the molecule is O=C(Nc1cccc(CN2CCOCC2)c1)C1CCN(C(=O)CCOc2ccccc2)CC1. The molecule has 2 saturated heterocycles. The van der Waals surface area contributed by atoms with Gasteiger partial charge in [-0.25, -0.2) is 0 Å². The molecular formula is C26H33N3O4. The Hall–Kier alpha value is -2.90. The van der Waals surface area contributed by atoms with Crippen LogP contribution >= 0.6 is 0 Å². The fraction of sp³-hybridized carbons (Fsp3) is 0.462. The molecule has 0 aliphatic carbocycles. The molecule has 0 aromatic heterocycles. The van der Waals surface area contributed by atoms with Crippen molar-refractivity contribution in [2.75, 3.05) is 51.3 Å². The van der Waals surface area contributed by atoms with Crippen LogP contribution in [0.25, 0.3) is 0 Å². The van der Waals surface area contributed by atoms with Crippen LogP contribution in [0.1, 0.15) is 24.8 Å². The van der Waals surface area contributed by atoms with Gasteiger partial charge in [-0.1, -0.05) is 30.3 Å². The Morgan fingerprint density at radius 3 is 2.48 bits per heavy atom. The molecule has 2 aromatic carbocycles. The highest BCUT2D eigenvalue weighted by Crippen LogP contribution is 2.21. The molecule has 176 valence electrons. The van der Waals surface area contributed by atoms with Gasteiger partial charge in [0, 0.05) is 44.3 Å².